The minimum atomic E-state index is 0.0507. The zero-order valence-corrected chi connectivity index (χ0v) is 14.8. The van der Waals surface area contributed by atoms with Gasteiger partial charge in [-0.05, 0) is 29.9 Å². The van der Waals surface area contributed by atoms with E-state index in [1.54, 1.807) is 24.0 Å². The van der Waals surface area contributed by atoms with Crippen molar-refractivity contribution in [2.75, 3.05) is 13.1 Å². The van der Waals surface area contributed by atoms with Gasteiger partial charge in [0.2, 0.25) is 0 Å². The number of fused-ring (bicyclic) bond motifs is 1. The molecule has 0 bridgehead atoms. The van der Waals surface area contributed by atoms with Crippen LogP contribution in [0.2, 0.25) is 0 Å². The van der Waals surface area contributed by atoms with Gasteiger partial charge < -0.3 is 4.90 Å². The zero-order chi connectivity index (χ0) is 17.7. The van der Waals surface area contributed by atoms with Crippen LogP contribution in [0.1, 0.15) is 41.1 Å². The molecule has 6 heteroatoms. The van der Waals surface area contributed by atoms with Gasteiger partial charge in [-0.1, -0.05) is 42.0 Å². The van der Waals surface area contributed by atoms with E-state index in [0.717, 1.165) is 13.1 Å². The summed E-state index contributed by atoms with van der Waals surface area (Å²) in [4.78, 5) is 19.5. The van der Waals surface area contributed by atoms with Gasteiger partial charge in [-0.2, -0.15) is 0 Å². The molecule has 0 radical (unpaired) electrons. The second-order valence-electron chi connectivity index (χ2n) is 7.64. The highest BCUT2D eigenvalue weighted by molar-refractivity contribution is 5.96. The van der Waals surface area contributed by atoms with Gasteiger partial charge in [-0.3, -0.25) is 4.79 Å². The maximum atomic E-state index is 13.1. The van der Waals surface area contributed by atoms with Crippen LogP contribution >= 0.6 is 0 Å². The van der Waals surface area contributed by atoms with Gasteiger partial charge in [-0.25, -0.2) is 9.67 Å². The Hall–Kier alpha value is -2.76. The summed E-state index contributed by atoms with van der Waals surface area (Å²) in [5, 5.41) is 8.06. The van der Waals surface area contributed by atoms with Crippen LogP contribution in [0.5, 0.6) is 0 Å². The lowest BCUT2D eigenvalue weighted by Gasteiger charge is -2.43. The Morgan fingerprint density at radius 2 is 2.04 bits per heavy atom. The van der Waals surface area contributed by atoms with Crippen molar-refractivity contribution in [3.8, 4) is 0 Å². The highest BCUT2D eigenvalue weighted by atomic mass is 16.2. The average Bonchev–Trinajstić information content (AvgIpc) is 3.23. The van der Waals surface area contributed by atoms with E-state index in [4.69, 9.17) is 0 Å². The number of amides is 1. The predicted octanol–water partition coefficient (Wildman–Crippen LogP) is 2.77. The van der Waals surface area contributed by atoms with Crippen LogP contribution in [-0.4, -0.2) is 43.9 Å². The Morgan fingerprint density at radius 3 is 2.77 bits per heavy atom. The lowest BCUT2D eigenvalue weighted by molar-refractivity contribution is 0.0725. The molecule has 1 saturated heterocycles. The lowest BCUT2D eigenvalue weighted by Crippen LogP contribution is -2.37. The number of aromatic nitrogens is 4. The van der Waals surface area contributed by atoms with Crippen molar-refractivity contribution in [2.24, 2.45) is 12.5 Å². The van der Waals surface area contributed by atoms with E-state index in [9.17, 15) is 4.79 Å². The molecular formula is C20H21N5O. The SMILES string of the molecule is Cn1nnc2cc(C(=O)N3C[C@H](c4ccccc4)C4(CCC4)C3)cnc21. The van der Waals surface area contributed by atoms with Crippen LogP contribution < -0.4 is 0 Å². The molecule has 1 aliphatic carbocycles. The van der Waals surface area contributed by atoms with Crippen molar-refractivity contribution in [1.29, 1.82) is 0 Å². The number of aryl methyl sites for hydroxylation is 1. The summed E-state index contributed by atoms with van der Waals surface area (Å²) in [7, 11) is 1.80. The molecule has 132 valence electrons. The number of benzene rings is 1. The van der Waals surface area contributed by atoms with Gasteiger partial charge in [0.15, 0.2) is 5.65 Å². The van der Waals surface area contributed by atoms with E-state index < -0.39 is 0 Å². The number of carbonyl (C=O) groups is 1. The maximum absolute atomic E-state index is 13.1. The fourth-order valence-corrected chi connectivity index (χ4v) is 4.63. The molecule has 1 aliphatic heterocycles. The maximum Gasteiger partial charge on any atom is 0.255 e. The molecule has 5 rings (SSSR count). The summed E-state index contributed by atoms with van der Waals surface area (Å²) in [5.74, 6) is 0.476. The summed E-state index contributed by atoms with van der Waals surface area (Å²) >= 11 is 0. The van der Waals surface area contributed by atoms with Crippen LogP contribution in [0, 0.1) is 5.41 Å². The van der Waals surface area contributed by atoms with Crippen LogP contribution in [0.25, 0.3) is 11.2 Å². The molecule has 1 spiro atoms. The van der Waals surface area contributed by atoms with Crippen LogP contribution in [0.4, 0.5) is 0 Å². The third-order valence-electron chi connectivity index (χ3n) is 6.17. The molecule has 6 nitrogen and oxygen atoms in total. The summed E-state index contributed by atoms with van der Waals surface area (Å²) in [6, 6.07) is 12.4. The molecule has 3 heterocycles. The Balaban J connectivity index is 1.45. The number of carbonyl (C=O) groups excluding carboxylic acids is 1. The quantitative estimate of drug-likeness (QED) is 0.715. The Kier molecular flexibility index (Phi) is 3.35. The van der Waals surface area contributed by atoms with Crippen molar-refractivity contribution in [3.05, 3.63) is 53.7 Å². The first-order chi connectivity index (χ1) is 12.7. The molecule has 1 atom stereocenters. The molecule has 1 saturated carbocycles. The first-order valence-electron chi connectivity index (χ1n) is 9.16. The summed E-state index contributed by atoms with van der Waals surface area (Å²) in [5.41, 5.74) is 3.56. The van der Waals surface area contributed by atoms with Gasteiger partial charge >= 0.3 is 0 Å². The molecule has 1 aromatic carbocycles. The average molecular weight is 347 g/mol. The topological polar surface area (TPSA) is 63.9 Å². The number of likely N-dealkylation sites (tertiary alicyclic amines) is 1. The molecule has 3 aromatic rings. The van der Waals surface area contributed by atoms with E-state index in [1.165, 1.54) is 24.8 Å². The number of hydrogen-bond donors (Lipinski definition) is 0. The van der Waals surface area contributed by atoms with E-state index in [-0.39, 0.29) is 11.3 Å². The van der Waals surface area contributed by atoms with Crippen LogP contribution in [0.15, 0.2) is 42.6 Å². The number of pyridine rings is 1. The molecule has 2 aromatic heterocycles. The Morgan fingerprint density at radius 1 is 1.23 bits per heavy atom. The number of nitrogens with zero attached hydrogens (tertiary/aromatic N) is 5. The smallest absolute Gasteiger partial charge is 0.255 e. The third kappa shape index (κ3) is 2.25. The molecule has 2 fully saturated rings. The van der Waals surface area contributed by atoms with Crippen molar-refractivity contribution < 1.29 is 4.79 Å². The van der Waals surface area contributed by atoms with E-state index in [2.05, 4.69) is 45.6 Å². The summed E-state index contributed by atoms with van der Waals surface area (Å²) in [6.07, 6.45) is 5.32. The van der Waals surface area contributed by atoms with Crippen molar-refractivity contribution in [3.63, 3.8) is 0 Å². The van der Waals surface area contributed by atoms with Crippen molar-refractivity contribution >= 4 is 17.1 Å². The summed E-state index contributed by atoms with van der Waals surface area (Å²) in [6.45, 7) is 1.62. The van der Waals surface area contributed by atoms with E-state index >= 15 is 0 Å². The fourth-order valence-electron chi connectivity index (χ4n) is 4.63. The largest absolute Gasteiger partial charge is 0.337 e. The van der Waals surface area contributed by atoms with Gasteiger partial charge in [0.05, 0.1) is 5.56 Å². The fraction of sp³-hybridized carbons (Fsp3) is 0.400. The highest BCUT2D eigenvalue weighted by Crippen LogP contribution is 2.55. The molecule has 26 heavy (non-hydrogen) atoms. The van der Waals surface area contributed by atoms with Crippen molar-refractivity contribution in [1.82, 2.24) is 24.9 Å². The van der Waals surface area contributed by atoms with Gasteiger partial charge in [0, 0.05) is 32.3 Å². The van der Waals surface area contributed by atoms with Gasteiger partial charge in [-0.15, -0.1) is 5.10 Å². The third-order valence-corrected chi connectivity index (χ3v) is 6.17. The minimum absolute atomic E-state index is 0.0507. The first-order valence-corrected chi connectivity index (χ1v) is 9.16. The monoisotopic (exact) mass is 347 g/mol. The Labute approximate surface area is 151 Å². The predicted molar refractivity (Wildman–Crippen MR) is 97.7 cm³/mol. The van der Waals surface area contributed by atoms with E-state index in [0.29, 0.717) is 22.6 Å². The number of rotatable bonds is 2. The second-order valence-corrected chi connectivity index (χ2v) is 7.64. The minimum Gasteiger partial charge on any atom is -0.337 e. The lowest BCUT2D eigenvalue weighted by atomic mass is 9.61. The summed E-state index contributed by atoms with van der Waals surface area (Å²) < 4.78 is 1.62. The van der Waals surface area contributed by atoms with Crippen LogP contribution in [-0.2, 0) is 7.05 Å². The highest BCUT2D eigenvalue weighted by Gasteiger charge is 2.51. The van der Waals surface area contributed by atoms with E-state index in [1.807, 2.05) is 4.90 Å². The van der Waals surface area contributed by atoms with Gasteiger partial charge in [0.1, 0.15) is 5.52 Å². The normalized spacial score (nSPS) is 21.3. The van der Waals surface area contributed by atoms with Crippen LogP contribution in [0.3, 0.4) is 0 Å². The van der Waals surface area contributed by atoms with Crippen molar-refractivity contribution in [2.45, 2.75) is 25.2 Å². The first kappa shape index (κ1) is 15.5. The number of hydrogen-bond acceptors (Lipinski definition) is 4. The molecule has 0 N–H and O–H groups in total. The molecule has 1 amide bonds. The standard InChI is InChI=1S/C20H21N5O/c1-24-18-17(22-23-24)10-15(11-21-18)19(26)25-12-16(14-6-3-2-4-7-14)20(13-25)8-5-9-20/h2-4,6-7,10-11,16H,5,8-9,12-13H2,1H3/t16-/m1/s1. The Bertz CT molecular complexity index is 976. The molecule has 2 aliphatic rings. The second kappa shape index (κ2) is 5.62. The zero-order valence-electron chi connectivity index (χ0n) is 14.8. The molecule has 0 unspecified atom stereocenters. The van der Waals surface area contributed by atoms with Gasteiger partial charge in [0.25, 0.3) is 5.91 Å². The molecular weight excluding hydrogens is 326 g/mol.